The molecule has 0 heterocycles. The van der Waals surface area contributed by atoms with E-state index in [9.17, 15) is 0 Å². The number of benzene rings is 1. The summed E-state index contributed by atoms with van der Waals surface area (Å²) in [7, 11) is 0. The highest BCUT2D eigenvalue weighted by Gasteiger charge is 2.15. The minimum Gasteiger partial charge on any atom is -0.313 e. The molecular formula is C15H22ClNS. The smallest absolute Gasteiger partial charge is 0.0462 e. The van der Waals surface area contributed by atoms with E-state index in [0.717, 1.165) is 23.4 Å². The zero-order valence-corrected chi connectivity index (χ0v) is 12.6. The van der Waals surface area contributed by atoms with Crippen LogP contribution in [0.25, 0.3) is 0 Å². The van der Waals surface area contributed by atoms with Crippen molar-refractivity contribution >= 4 is 23.4 Å². The first-order valence-electron chi connectivity index (χ1n) is 6.95. The lowest BCUT2D eigenvalue weighted by molar-refractivity contribution is 0.516. The molecule has 1 aromatic carbocycles. The topological polar surface area (TPSA) is 12.0 Å². The Kier molecular flexibility index (Phi) is 5.87. The van der Waals surface area contributed by atoms with Crippen molar-refractivity contribution in [1.82, 2.24) is 5.32 Å². The summed E-state index contributed by atoms with van der Waals surface area (Å²) >= 11 is 8.34. The first kappa shape index (κ1) is 14.2. The largest absolute Gasteiger partial charge is 0.313 e. The van der Waals surface area contributed by atoms with Gasteiger partial charge in [-0.1, -0.05) is 43.9 Å². The monoisotopic (exact) mass is 283 g/mol. The van der Waals surface area contributed by atoms with Gasteiger partial charge in [0.05, 0.1) is 0 Å². The highest BCUT2D eigenvalue weighted by molar-refractivity contribution is 8.00. The molecule has 0 amide bonds. The fourth-order valence-electron chi connectivity index (χ4n) is 2.38. The number of nitrogens with one attached hydrogen (secondary N) is 1. The van der Waals surface area contributed by atoms with E-state index in [-0.39, 0.29) is 0 Å². The lowest BCUT2D eigenvalue weighted by Gasteiger charge is -2.21. The van der Waals surface area contributed by atoms with E-state index < -0.39 is 0 Å². The Morgan fingerprint density at radius 3 is 2.72 bits per heavy atom. The van der Waals surface area contributed by atoms with Gasteiger partial charge >= 0.3 is 0 Å². The van der Waals surface area contributed by atoms with Crippen LogP contribution in [0.5, 0.6) is 0 Å². The molecular weight excluding hydrogens is 262 g/mol. The maximum Gasteiger partial charge on any atom is 0.0462 e. The molecule has 1 fully saturated rings. The van der Waals surface area contributed by atoms with Gasteiger partial charge in [-0.05, 0) is 37.1 Å². The zero-order chi connectivity index (χ0) is 12.8. The summed E-state index contributed by atoms with van der Waals surface area (Å²) < 4.78 is 0. The fourth-order valence-corrected chi connectivity index (χ4v) is 3.98. The summed E-state index contributed by atoms with van der Waals surface area (Å²) in [6, 6.07) is 6.52. The molecule has 1 aliphatic rings. The second kappa shape index (κ2) is 7.42. The number of halogens is 1. The molecule has 0 unspecified atom stereocenters. The Hall–Kier alpha value is -0.180. The molecule has 2 rings (SSSR count). The molecule has 0 spiro atoms. The molecule has 3 heteroatoms. The molecule has 1 nitrogen and oxygen atoms in total. The van der Waals surface area contributed by atoms with Gasteiger partial charge in [0.1, 0.15) is 0 Å². The predicted molar refractivity (Wildman–Crippen MR) is 81.6 cm³/mol. The Morgan fingerprint density at radius 2 is 2.06 bits per heavy atom. The summed E-state index contributed by atoms with van der Waals surface area (Å²) in [6.07, 6.45) is 6.93. The average molecular weight is 284 g/mol. The van der Waals surface area contributed by atoms with Crippen LogP contribution in [-0.2, 0) is 6.54 Å². The van der Waals surface area contributed by atoms with Crippen LogP contribution in [-0.4, -0.2) is 11.8 Å². The van der Waals surface area contributed by atoms with Crippen molar-refractivity contribution in [3.63, 3.8) is 0 Å². The minimum absolute atomic E-state index is 0.800. The van der Waals surface area contributed by atoms with Crippen LogP contribution in [0.4, 0.5) is 0 Å². The zero-order valence-electron chi connectivity index (χ0n) is 11.0. The highest BCUT2D eigenvalue weighted by Crippen LogP contribution is 2.35. The van der Waals surface area contributed by atoms with E-state index in [1.54, 1.807) is 0 Å². The van der Waals surface area contributed by atoms with Crippen molar-refractivity contribution in [2.45, 2.75) is 55.7 Å². The molecule has 0 radical (unpaired) electrons. The van der Waals surface area contributed by atoms with Gasteiger partial charge in [-0.25, -0.2) is 0 Å². The molecule has 18 heavy (non-hydrogen) atoms. The van der Waals surface area contributed by atoms with Crippen molar-refractivity contribution in [2.75, 3.05) is 6.54 Å². The molecule has 1 N–H and O–H groups in total. The normalized spacial score (nSPS) is 17.0. The Labute approximate surface area is 120 Å². The molecule has 0 saturated heterocycles. The maximum atomic E-state index is 6.33. The third-order valence-electron chi connectivity index (χ3n) is 3.44. The first-order valence-corrected chi connectivity index (χ1v) is 8.21. The van der Waals surface area contributed by atoms with Crippen LogP contribution < -0.4 is 5.32 Å². The van der Waals surface area contributed by atoms with Gasteiger partial charge in [0, 0.05) is 21.7 Å². The van der Waals surface area contributed by atoms with Gasteiger partial charge in [0.25, 0.3) is 0 Å². The van der Waals surface area contributed by atoms with Crippen molar-refractivity contribution in [1.29, 1.82) is 0 Å². The van der Waals surface area contributed by atoms with Crippen LogP contribution >= 0.6 is 23.4 Å². The number of thioether (sulfide) groups is 1. The molecule has 0 aromatic heterocycles. The minimum atomic E-state index is 0.800. The maximum absolute atomic E-state index is 6.33. The van der Waals surface area contributed by atoms with Crippen LogP contribution in [0.2, 0.25) is 5.02 Å². The first-order chi connectivity index (χ1) is 8.79. The predicted octanol–water partition coefficient (Wildman–Crippen LogP) is 4.87. The molecule has 1 aliphatic carbocycles. The van der Waals surface area contributed by atoms with Crippen LogP contribution in [0.3, 0.4) is 0 Å². The standard InChI is InChI=1S/C15H22ClNS/c1-2-17-11-12-8-9-14(10-15(12)16)18-13-6-4-3-5-7-13/h8-10,13,17H,2-7,11H2,1H3. The Bertz CT molecular complexity index is 375. The molecule has 1 saturated carbocycles. The van der Waals surface area contributed by atoms with Crippen LogP contribution in [0.1, 0.15) is 44.6 Å². The summed E-state index contributed by atoms with van der Waals surface area (Å²) in [5.74, 6) is 0. The van der Waals surface area contributed by atoms with Crippen LogP contribution in [0.15, 0.2) is 23.1 Å². The number of hydrogen-bond acceptors (Lipinski definition) is 2. The quantitative estimate of drug-likeness (QED) is 0.827. The number of hydrogen-bond donors (Lipinski definition) is 1. The lowest BCUT2D eigenvalue weighted by Crippen LogP contribution is -2.12. The lowest BCUT2D eigenvalue weighted by atomic mass is 10.0. The summed E-state index contributed by atoms with van der Waals surface area (Å²) in [4.78, 5) is 1.33. The van der Waals surface area contributed by atoms with Gasteiger partial charge in [-0.15, -0.1) is 11.8 Å². The Balaban J connectivity index is 1.94. The molecule has 0 atom stereocenters. The summed E-state index contributed by atoms with van der Waals surface area (Å²) in [5.41, 5.74) is 1.20. The van der Waals surface area contributed by atoms with Crippen molar-refractivity contribution < 1.29 is 0 Å². The fraction of sp³-hybridized carbons (Fsp3) is 0.600. The van der Waals surface area contributed by atoms with Gasteiger partial charge in [0.2, 0.25) is 0 Å². The van der Waals surface area contributed by atoms with Gasteiger partial charge in [-0.3, -0.25) is 0 Å². The van der Waals surface area contributed by atoms with E-state index in [1.165, 1.54) is 42.6 Å². The average Bonchev–Trinajstić information content (AvgIpc) is 2.39. The Morgan fingerprint density at radius 1 is 1.28 bits per heavy atom. The van der Waals surface area contributed by atoms with Crippen molar-refractivity contribution in [3.8, 4) is 0 Å². The SMILES string of the molecule is CCNCc1ccc(SC2CCCCC2)cc1Cl. The van der Waals surface area contributed by atoms with Crippen LogP contribution in [0, 0.1) is 0 Å². The third kappa shape index (κ3) is 4.18. The van der Waals surface area contributed by atoms with Crippen molar-refractivity contribution in [3.05, 3.63) is 28.8 Å². The van der Waals surface area contributed by atoms with Gasteiger partial charge in [-0.2, -0.15) is 0 Å². The molecule has 1 aromatic rings. The molecule has 100 valence electrons. The van der Waals surface area contributed by atoms with Gasteiger partial charge < -0.3 is 5.32 Å². The molecule has 0 bridgehead atoms. The third-order valence-corrected chi connectivity index (χ3v) is 5.13. The second-order valence-corrected chi connectivity index (χ2v) is 6.69. The van der Waals surface area contributed by atoms with E-state index in [4.69, 9.17) is 11.6 Å². The van der Waals surface area contributed by atoms with E-state index in [2.05, 4.69) is 30.4 Å². The van der Waals surface area contributed by atoms with E-state index >= 15 is 0 Å². The van der Waals surface area contributed by atoms with Crippen molar-refractivity contribution in [2.24, 2.45) is 0 Å². The summed E-state index contributed by atoms with van der Waals surface area (Å²) in [5, 5.41) is 5.02. The highest BCUT2D eigenvalue weighted by atomic mass is 35.5. The van der Waals surface area contributed by atoms with Gasteiger partial charge in [0.15, 0.2) is 0 Å². The summed E-state index contributed by atoms with van der Waals surface area (Å²) in [6.45, 7) is 3.96. The second-order valence-electron chi connectivity index (χ2n) is 4.91. The number of rotatable bonds is 5. The molecule has 0 aliphatic heterocycles. The van der Waals surface area contributed by atoms with E-state index in [1.807, 2.05) is 11.8 Å². The van der Waals surface area contributed by atoms with E-state index in [0.29, 0.717) is 0 Å².